The fraction of sp³-hybridized carbons (Fsp3) is 0.385. The summed E-state index contributed by atoms with van der Waals surface area (Å²) in [5, 5.41) is 2.92. The summed E-state index contributed by atoms with van der Waals surface area (Å²) in [6.45, 7) is 0.00730. The number of ketones is 1. The highest BCUT2D eigenvalue weighted by molar-refractivity contribution is 7.89. The predicted octanol–water partition coefficient (Wildman–Crippen LogP) is 0.968. The zero-order valence-electron chi connectivity index (χ0n) is 11.6. The highest BCUT2D eigenvalue weighted by atomic mass is 35.5. The molecule has 1 amide bonds. The summed E-state index contributed by atoms with van der Waals surface area (Å²) in [5.74, 6) is -0.746. The van der Waals surface area contributed by atoms with Crippen LogP contribution < -0.4 is 10.0 Å². The molecule has 21 heavy (non-hydrogen) atoms. The van der Waals surface area contributed by atoms with Gasteiger partial charge in [-0.1, -0.05) is 23.7 Å². The fourth-order valence-electron chi connectivity index (χ4n) is 1.55. The Morgan fingerprint density at radius 3 is 2.57 bits per heavy atom. The van der Waals surface area contributed by atoms with Gasteiger partial charge in [0.15, 0.2) is 5.78 Å². The predicted molar refractivity (Wildman–Crippen MR) is 80.9 cm³/mol. The van der Waals surface area contributed by atoms with Gasteiger partial charge in [-0.2, -0.15) is 0 Å². The van der Waals surface area contributed by atoms with E-state index in [9.17, 15) is 18.0 Å². The molecule has 0 bridgehead atoms. The van der Waals surface area contributed by atoms with E-state index in [1.807, 2.05) is 0 Å². The van der Waals surface area contributed by atoms with Crippen LogP contribution in [-0.4, -0.2) is 39.5 Å². The first-order chi connectivity index (χ1) is 9.84. The molecule has 0 spiro atoms. The molecule has 2 N–H and O–H groups in total. The minimum atomic E-state index is -3.34. The van der Waals surface area contributed by atoms with Crippen molar-refractivity contribution in [2.75, 3.05) is 19.3 Å². The lowest BCUT2D eigenvalue weighted by Gasteiger charge is -2.05. The molecular formula is C13H17ClN2O4S. The van der Waals surface area contributed by atoms with Crippen molar-refractivity contribution in [1.29, 1.82) is 0 Å². The van der Waals surface area contributed by atoms with Gasteiger partial charge in [0, 0.05) is 30.0 Å². The largest absolute Gasteiger partial charge is 0.355 e. The molecule has 0 aliphatic rings. The zero-order chi connectivity index (χ0) is 15.9. The van der Waals surface area contributed by atoms with Crippen LogP contribution in [0.4, 0.5) is 0 Å². The Morgan fingerprint density at radius 2 is 1.95 bits per heavy atom. The van der Waals surface area contributed by atoms with Crippen LogP contribution in [0.15, 0.2) is 24.3 Å². The van der Waals surface area contributed by atoms with Crippen LogP contribution in [0.2, 0.25) is 5.02 Å². The first-order valence-corrected chi connectivity index (χ1v) is 8.34. The average molecular weight is 333 g/mol. The SMILES string of the molecule is CNS(=O)(=O)CCNC(=O)CCC(=O)c1cccc(Cl)c1. The third kappa shape index (κ3) is 6.70. The zero-order valence-corrected chi connectivity index (χ0v) is 13.1. The number of amides is 1. The van der Waals surface area contributed by atoms with E-state index in [0.717, 1.165) is 0 Å². The lowest BCUT2D eigenvalue weighted by atomic mass is 10.1. The lowest BCUT2D eigenvalue weighted by Crippen LogP contribution is -2.33. The van der Waals surface area contributed by atoms with Crippen molar-refractivity contribution in [3.05, 3.63) is 34.9 Å². The molecule has 8 heteroatoms. The van der Waals surface area contributed by atoms with Crippen molar-refractivity contribution < 1.29 is 18.0 Å². The van der Waals surface area contributed by atoms with Gasteiger partial charge in [-0.3, -0.25) is 9.59 Å². The third-order valence-corrected chi connectivity index (χ3v) is 4.33. The second-order valence-electron chi connectivity index (χ2n) is 4.31. The van der Waals surface area contributed by atoms with Crippen molar-refractivity contribution in [1.82, 2.24) is 10.0 Å². The Labute approximate surface area is 128 Å². The number of hydrogen-bond donors (Lipinski definition) is 2. The standard InChI is InChI=1S/C13H17ClN2O4S/c1-15-21(19,20)8-7-16-13(18)6-5-12(17)10-3-2-4-11(14)9-10/h2-4,9,15H,5-8H2,1H3,(H,16,18). The molecular weight excluding hydrogens is 316 g/mol. The van der Waals surface area contributed by atoms with E-state index >= 15 is 0 Å². The Balaban J connectivity index is 2.35. The van der Waals surface area contributed by atoms with Crippen LogP contribution in [0.3, 0.4) is 0 Å². The van der Waals surface area contributed by atoms with Crippen molar-refractivity contribution in [3.63, 3.8) is 0 Å². The summed E-state index contributed by atoms with van der Waals surface area (Å²) in [6, 6.07) is 6.50. The molecule has 0 atom stereocenters. The molecule has 0 aromatic heterocycles. The summed E-state index contributed by atoms with van der Waals surface area (Å²) in [5.41, 5.74) is 0.452. The van der Waals surface area contributed by atoms with Gasteiger partial charge in [0.2, 0.25) is 15.9 Å². The van der Waals surface area contributed by atoms with Crippen LogP contribution >= 0.6 is 11.6 Å². The van der Waals surface area contributed by atoms with Crippen molar-refractivity contribution in [2.45, 2.75) is 12.8 Å². The van der Waals surface area contributed by atoms with Gasteiger partial charge in [0.1, 0.15) is 0 Å². The maximum absolute atomic E-state index is 11.8. The van der Waals surface area contributed by atoms with Crippen molar-refractivity contribution in [3.8, 4) is 0 Å². The molecule has 1 aromatic rings. The van der Waals surface area contributed by atoms with Gasteiger partial charge in [-0.25, -0.2) is 13.1 Å². The number of benzene rings is 1. The Hall–Kier alpha value is -1.44. The number of nitrogens with one attached hydrogen (secondary N) is 2. The fourth-order valence-corrected chi connectivity index (χ4v) is 2.31. The van der Waals surface area contributed by atoms with E-state index in [1.165, 1.54) is 7.05 Å². The Bertz CT molecular complexity index is 616. The lowest BCUT2D eigenvalue weighted by molar-refractivity contribution is -0.120. The number of carbonyl (C=O) groups excluding carboxylic acids is 2. The molecule has 0 radical (unpaired) electrons. The Morgan fingerprint density at radius 1 is 1.24 bits per heavy atom. The number of halogens is 1. The van der Waals surface area contributed by atoms with Gasteiger partial charge < -0.3 is 5.32 Å². The topological polar surface area (TPSA) is 92.3 Å². The molecule has 6 nitrogen and oxygen atoms in total. The minimum Gasteiger partial charge on any atom is -0.355 e. The van der Waals surface area contributed by atoms with Crippen LogP contribution in [-0.2, 0) is 14.8 Å². The third-order valence-electron chi connectivity index (χ3n) is 2.73. The van der Waals surface area contributed by atoms with E-state index in [0.29, 0.717) is 10.6 Å². The molecule has 0 saturated heterocycles. The van der Waals surface area contributed by atoms with Crippen molar-refractivity contribution in [2.24, 2.45) is 0 Å². The molecule has 0 unspecified atom stereocenters. The molecule has 0 aliphatic heterocycles. The van der Waals surface area contributed by atoms with Crippen LogP contribution in [0.25, 0.3) is 0 Å². The first kappa shape index (κ1) is 17.6. The van der Waals surface area contributed by atoms with E-state index in [2.05, 4.69) is 10.0 Å². The van der Waals surface area contributed by atoms with E-state index in [-0.39, 0.29) is 36.8 Å². The second-order valence-corrected chi connectivity index (χ2v) is 6.79. The molecule has 0 aliphatic carbocycles. The quantitative estimate of drug-likeness (QED) is 0.694. The van der Waals surface area contributed by atoms with Gasteiger partial charge >= 0.3 is 0 Å². The summed E-state index contributed by atoms with van der Waals surface area (Å²) < 4.78 is 24.4. The molecule has 0 saturated carbocycles. The Kier molecular flexibility index (Phi) is 6.80. The average Bonchev–Trinajstić information content (AvgIpc) is 2.44. The smallest absolute Gasteiger partial charge is 0.220 e. The summed E-state index contributed by atoms with van der Waals surface area (Å²) in [7, 11) is -2.03. The molecule has 1 aromatic carbocycles. The van der Waals surface area contributed by atoms with Gasteiger partial charge in [-0.05, 0) is 19.2 Å². The van der Waals surface area contributed by atoms with Crippen LogP contribution in [0.1, 0.15) is 23.2 Å². The highest BCUT2D eigenvalue weighted by Crippen LogP contribution is 2.12. The number of carbonyl (C=O) groups is 2. The van der Waals surface area contributed by atoms with Crippen LogP contribution in [0, 0.1) is 0 Å². The summed E-state index contributed by atoms with van der Waals surface area (Å²) >= 11 is 5.78. The van der Waals surface area contributed by atoms with Gasteiger partial charge in [0.05, 0.1) is 5.75 Å². The molecule has 0 fully saturated rings. The van der Waals surface area contributed by atoms with E-state index in [1.54, 1.807) is 24.3 Å². The monoisotopic (exact) mass is 332 g/mol. The van der Waals surface area contributed by atoms with Crippen LogP contribution in [0.5, 0.6) is 0 Å². The molecule has 0 heterocycles. The normalized spacial score (nSPS) is 11.1. The highest BCUT2D eigenvalue weighted by Gasteiger charge is 2.11. The maximum atomic E-state index is 11.8. The van der Waals surface area contributed by atoms with Crippen molar-refractivity contribution >= 4 is 33.3 Å². The maximum Gasteiger partial charge on any atom is 0.220 e. The van der Waals surface area contributed by atoms with E-state index < -0.39 is 10.0 Å². The van der Waals surface area contributed by atoms with Gasteiger partial charge in [-0.15, -0.1) is 0 Å². The number of hydrogen-bond acceptors (Lipinski definition) is 4. The van der Waals surface area contributed by atoms with E-state index in [4.69, 9.17) is 11.6 Å². The first-order valence-electron chi connectivity index (χ1n) is 6.31. The summed E-state index contributed by atoms with van der Waals surface area (Å²) in [4.78, 5) is 23.4. The number of sulfonamides is 1. The summed E-state index contributed by atoms with van der Waals surface area (Å²) in [6.07, 6.45) is 0.0515. The number of Topliss-reactive ketones (excluding diaryl/α,β-unsaturated/α-hetero) is 1. The number of rotatable bonds is 8. The van der Waals surface area contributed by atoms with Gasteiger partial charge in [0.25, 0.3) is 0 Å². The minimum absolute atomic E-state index is 0.00491. The molecule has 116 valence electrons. The molecule has 1 rings (SSSR count). The second kappa shape index (κ2) is 8.11.